The standard InChI is InChI=1S/C2HNO2.2C2H4O2.Na.H/c3-1-2(4)5;2*1-2(3)4;;/h(H,4,5);2*1H3,(H,3,4);;. The summed E-state index contributed by atoms with van der Waals surface area (Å²) in [5.41, 5.74) is 0. The van der Waals surface area contributed by atoms with Gasteiger partial charge in [-0.1, -0.05) is 0 Å². The molecule has 0 saturated carbocycles. The molecule has 0 saturated heterocycles. The molecule has 3 N–H and O–H groups in total. The zero-order valence-electron chi connectivity index (χ0n) is 7.01. The number of hydrogen-bond donors (Lipinski definition) is 3. The number of aliphatic carboxylic acids is 3. The van der Waals surface area contributed by atoms with E-state index in [4.69, 9.17) is 35.0 Å². The third-order valence-electron chi connectivity index (χ3n) is 0.0956. The van der Waals surface area contributed by atoms with Crippen LogP contribution in [-0.2, 0) is 14.4 Å². The van der Waals surface area contributed by atoms with Crippen molar-refractivity contribution in [3.05, 3.63) is 0 Å². The van der Waals surface area contributed by atoms with Crippen molar-refractivity contribution >= 4 is 47.5 Å². The molecule has 0 heterocycles. The van der Waals surface area contributed by atoms with Gasteiger partial charge in [-0.05, 0) is 0 Å². The molecule has 0 bridgehead atoms. The van der Waals surface area contributed by atoms with Crippen LogP contribution in [0.2, 0.25) is 0 Å². The van der Waals surface area contributed by atoms with Gasteiger partial charge in [-0.25, -0.2) is 4.79 Å². The van der Waals surface area contributed by atoms with E-state index >= 15 is 0 Å². The van der Waals surface area contributed by atoms with Crippen molar-refractivity contribution in [1.82, 2.24) is 0 Å². The predicted molar refractivity (Wildman–Crippen MR) is 47.0 cm³/mol. The molecule has 76 valence electrons. The second-order valence-corrected chi connectivity index (χ2v) is 1.45. The number of nitrogens with zero attached hydrogens (tertiary/aromatic N) is 1. The topological polar surface area (TPSA) is 136 Å². The van der Waals surface area contributed by atoms with Crippen LogP contribution >= 0.6 is 0 Å². The molecule has 0 aromatic rings. The summed E-state index contributed by atoms with van der Waals surface area (Å²) >= 11 is 0. The van der Waals surface area contributed by atoms with Crippen LogP contribution in [0.1, 0.15) is 13.8 Å². The van der Waals surface area contributed by atoms with Crippen LogP contribution in [0.15, 0.2) is 0 Å². The summed E-state index contributed by atoms with van der Waals surface area (Å²) in [5.74, 6) is -3.11. The molecule has 0 spiro atoms. The summed E-state index contributed by atoms with van der Waals surface area (Å²) in [6.07, 6.45) is 0. The molecule has 0 rings (SSSR count). The van der Waals surface area contributed by atoms with E-state index < -0.39 is 17.9 Å². The zero-order valence-corrected chi connectivity index (χ0v) is 7.01. The first kappa shape index (κ1) is 23.1. The normalized spacial score (nSPS) is 5.50. The van der Waals surface area contributed by atoms with Gasteiger partial charge in [-0.3, -0.25) is 9.59 Å². The van der Waals surface area contributed by atoms with Crippen molar-refractivity contribution in [1.29, 1.82) is 5.26 Å². The Morgan fingerprint density at radius 2 is 1.07 bits per heavy atom. The maximum atomic E-state index is 9.01. The first-order valence-corrected chi connectivity index (χ1v) is 2.76. The molecule has 0 atom stereocenters. The van der Waals surface area contributed by atoms with E-state index in [1.54, 1.807) is 0 Å². The Bertz CT molecular complexity index is 201. The monoisotopic (exact) mass is 215 g/mol. The molecular formula is C6H10NNaO6. The minimum absolute atomic E-state index is 0. The molecule has 0 unspecified atom stereocenters. The number of carboxylic acid groups (broad SMARTS) is 3. The van der Waals surface area contributed by atoms with Crippen LogP contribution in [0.3, 0.4) is 0 Å². The van der Waals surface area contributed by atoms with E-state index in [2.05, 4.69) is 0 Å². The van der Waals surface area contributed by atoms with Crippen LogP contribution < -0.4 is 0 Å². The molecular weight excluding hydrogens is 205 g/mol. The van der Waals surface area contributed by atoms with Crippen LogP contribution in [-0.4, -0.2) is 62.8 Å². The Kier molecular flexibility index (Phi) is 29.4. The van der Waals surface area contributed by atoms with Crippen molar-refractivity contribution in [2.75, 3.05) is 0 Å². The number of carbonyl (C=O) groups is 3. The summed E-state index contributed by atoms with van der Waals surface area (Å²) in [7, 11) is 0. The fourth-order valence-electron chi connectivity index (χ4n) is 0. The molecule has 0 aliphatic heterocycles. The van der Waals surface area contributed by atoms with E-state index in [1.165, 1.54) is 0 Å². The molecule has 8 heteroatoms. The second-order valence-electron chi connectivity index (χ2n) is 1.45. The summed E-state index contributed by atoms with van der Waals surface area (Å²) < 4.78 is 0. The molecule has 0 aromatic carbocycles. The van der Waals surface area contributed by atoms with Gasteiger partial charge in [0.15, 0.2) is 6.07 Å². The first-order valence-electron chi connectivity index (χ1n) is 2.76. The van der Waals surface area contributed by atoms with E-state index in [-0.39, 0.29) is 29.6 Å². The van der Waals surface area contributed by atoms with Gasteiger partial charge in [-0.2, -0.15) is 5.26 Å². The third-order valence-corrected chi connectivity index (χ3v) is 0.0956. The first-order chi connectivity index (χ1) is 5.73. The van der Waals surface area contributed by atoms with Crippen LogP contribution in [0, 0.1) is 11.3 Å². The van der Waals surface area contributed by atoms with Crippen molar-refractivity contribution in [2.24, 2.45) is 0 Å². The minimum atomic E-state index is -1.44. The fraction of sp³-hybridized carbons (Fsp3) is 0.333. The Hall–Kier alpha value is -1.10. The van der Waals surface area contributed by atoms with Crippen molar-refractivity contribution < 1.29 is 29.7 Å². The van der Waals surface area contributed by atoms with Crippen LogP contribution in [0.25, 0.3) is 0 Å². The summed E-state index contributed by atoms with van der Waals surface area (Å²) in [4.78, 5) is 27.0. The van der Waals surface area contributed by atoms with Crippen LogP contribution in [0.5, 0.6) is 0 Å². The average molecular weight is 215 g/mol. The fourth-order valence-corrected chi connectivity index (χ4v) is 0. The van der Waals surface area contributed by atoms with Crippen molar-refractivity contribution in [2.45, 2.75) is 13.8 Å². The Labute approximate surface area is 102 Å². The van der Waals surface area contributed by atoms with Gasteiger partial charge in [0.25, 0.3) is 11.9 Å². The summed E-state index contributed by atoms with van der Waals surface area (Å²) in [6, 6.07) is 0.944. The van der Waals surface area contributed by atoms with Crippen molar-refractivity contribution in [3.63, 3.8) is 0 Å². The van der Waals surface area contributed by atoms with E-state index in [0.717, 1.165) is 19.9 Å². The predicted octanol–water partition coefficient (Wildman–Crippen LogP) is -0.872. The average Bonchev–Trinajstić information content (AvgIpc) is 1.84. The molecule has 0 aliphatic rings. The zero-order chi connectivity index (χ0) is 11.4. The van der Waals surface area contributed by atoms with Gasteiger partial charge in [0.05, 0.1) is 0 Å². The maximum absolute atomic E-state index is 9.01. The number of hydrogen-bond acceptors (Lipinski definition) is 4. The van der Waals surface area contributed by atoms with Gasteiger partial charge in [0.2, 0.25) is 0 Å². The summed E-state index contributed by atoms with van der Waals surface area (Å²) in [5, 5.41) is 29.5. The van der Waals surface area contributed by atoms with E-state index in [0.29, 0.717) is 0 Å². The molecule has 0 aromatic heterocycles. The molecule has 0 radical (unpaired) electrons. The van der Waals surface area contributed by atoms with Gasteiger partial charge < -0.3 is 15.3 Å². The van der Waals surface area contributed by atoms with E-state index in [1.807, 2.05) is 0 Å². The molecule has 14 heavy (non-hydrogen) atoms. The second kappa shape index (κ2) is 17.8. The Morgan fingerprint density at radius 3 is 1.07 bits per heavy atom. The van der Waals surface area contributed by atoms with Gasteiger partial charge >= 0.3 is 35.5 Å². The third kappa shape index (κ3) is 1320. The number of carboxylic acids is 3. The number of nitriles is 1. The molecule has 7 nitrogen and oxygen atoms in total. The molecule has 0 amide bonds. The van der Waals surface area contributed by atoms with Gasteiger partial charge in [-0.15, -0.1) is 0 Å². The molecule has 0 aliphatic carbocycles. The van der Waals surface area contributed by atoms with E-state index in [9.17, 15) is 0 Å². The SMILES string of the molecule is CC(=O)O.CC(=O)O.N#CC(=O)O.[NaH]. The van der Waals surface area contributed by atoms with Gasteiger partial charge in [0.1, 0.15) is 0 Å². The van der Waals surface area contributed by atoms with Crippen molar-refractivity contribution in [3.8, 4) is 6.07 Å². The Morgan fingerprint density at radius 1 is 1.00 bits per heavy atom. The molecule has 0 fully saturated rings. The Balaban J connectivity index is -0.0000000522. The number of rotatable bonds is 0. The van der Waals surface area contributed by atoms with Gasteiger partial charge in [0, 0.05) is 13.8 Å². The van der Waals surface area contributed by atoms with Crippen LogP contribution in [0.4, 0.5) is 0 Å². The quantitative estimate of drug-likeness (QED) is 0.271. The summed E-state index contributed by atoms with van der Waals surface area (Å²) in [6.45, 7) is 2.17.